The Labute approximate surface area is 211 Å². The zero-order chi connectivity index (χ0) is 26.7. The van der Waals surface area contributed by atoms with Gasteiger partial charge in [-0.3, -0.25) is 4.18 Å². The number of ether oxygens (including phenoxy) is 2. The average molecular weight is 557 g/mol. The minimum absolute atomic E-state index is 0.00927. The predicted octanol–water partition coefficient (Wildman–Crippen LogP) is -1.65. The van der Waals surface area contributed by atoms with E-state index in [0.717, 1.165) is 6.54 Å². The van der Waals surface area contributed by atoms with Gasteiger partial charge in [0.15, 0.2) is 0 Å². The van der Waals surface area contributed by atoms with Gasteiger partial charge in [0.25, 0.3) is 10.1 Å². The molecule has 1 fully saturated rings. The van der Waals surface area contributed by atoms with E-state index in [9.17, 15) is 21.4 Å². The van der Waals surface area contributed by atoms with Crippen molar-refractivity contribution in [2.45, 2.75) is 32.5 Å². The third kappa shape index (κ3) is 17.5. The summed E-state index contributed by atoms with van der Waals surface area (Å²) in [6.07, 6.45) is 11.8. The molecule has 3 rings (SSSR count). The van der Waals surface area contributed by atoms with Gasteiger partial charge in [-0.2, -0.15) is 8.42 Å². The molecular weight excluding hydrogens is 520 g/mol. The topological polar surface area (TPSA) is 186 Å². The molecule has 36 heavy (non-hydrogen) atoms. The number of imidazole rings is 2. The third-order valence-electron chi connectivity index (χ3n) is 4.38. The highest BCUT2D eigenvalue weighted by Crippen LogP contribution is 2.04. The van der Waals surface area contributed by atoms with Crippen LogP contribution in [0.3, 0.4) is 0 Å². The van der Waals surface area contributed by atoms with Crippen LogP contribution < -0.4 is 4.57 Å². The number of hydrogen-bond donors (Lipinski definition) is 2. The van der Waals surface area contributed by atoms with E-state index in [4.69, 9.17) is 19.7 Å². The Balaban J connectivity index is 0.000000303. The molecule has 1 aliphatic heterocycles. The first-order valence-corrected chi connectivity index (χ1v) is 14.5. The molecular formula is C20H36N4O10S2. The summed E-state index contributed by atoms with van der Waals surface area (Å²) in [5, 5.41) is 16.9. The van der Waals surface area contributed by atoms with E-state index in [1.165, 1.54) is 0 Å². The molecule has 0 aliphatic carbocycles. The molecule has 2 N–H and O–H groups in total. The molecule has 0 atom stereocenters. The molecule has 2 aromatic heterocycles. The monoisotopic (exact) mass is 556 g/mol. The molecule has 0 aromatic carbocycles. The summed E-state index contributed by atoms with van der Waals surface area (Å²) < 4.78 is 71.8. The molecule has 3 heterocycles. The molecule has 0 unspecified atom stereocenters. The second kappa shape index (κ2) is 18.3. The fraction of sp³-hybridized carbons (Fsp3) is 0.700. The fourth-order valence-electron chi connectivity index (χ4n) is 2.70. The second-order valence-electron chi connectivity index (χ2n) is 7.41. The summed E-state index contributed by atoms with van der Waals surface area (Å²) >= 11 is 0. The maximum atomic E-state index is 10.4. The summed E-state index contributed by atoms with van der Waals surface area (Å²) in [5.74, 6) is -0.141. The normalized spacial score (nSPS) is 14.5. The van der Waals surface area contributed by atoms with E-state index in [0.29, 0.717) is 59.0 Å². The highest BCUT2D eigenvalue weighted by atomic mass is 32.2. The summed E-state index contributed by atoms with van der Waals surface area (Å²) in [6.45, 7) is 4.28. The highest BCUT2D eigenvalue weighted by molar-refractivity contribution is 7.86. The van der Waals surface area contributed by atoms with Crippen LogP contribution in [-0.4, -0.2) is 103 Å². The third-order valence-corrected chi connectivity index (χ3v) is 6.48. The van der Waals surface area contributed by atoms with Crippen LogP contribution >= 0.6 is 0 Å². The van der Waals surface area contributed by atoms with Gasteiger partial charge in [0.05, 0.1) is 75.0 Å². The first-order valence-electron chi connectivity index (χ1n) is 11.3. The van der Waals surface area contributed by atoms with E-state index >= 15 is 0 Å². The van der Waals surface area contributed by atoms with E-state index in [-0.39, 0.29) is 24.7 Å². The minimum atomic E-state index is -4.12. The van der Waals surface area contributed by atoms with Gasteiger partial charge in [-0.05, 0) is 12.8 Å². The predicted molar refractivity (Wildman–Crippen MR) is 126 cm³/mol. The maximum absolute atomic E-state index is 10.4. The molecule has 0 bridgehead atoms. The van der Waals surface area contributed by atoms with E-state index in [1.807, 2.05) is 38.6 Å². The molecule has 1 aliphatic rings. The van der Waals surface area contributed by atoms with Gasteiger partial charge >= 0.3 is 0 Å². The van der Waals surface area contributed by atoms with Crippen LogP contribution in [0.1, 0.15) is 12.8 Å². The number of rotatable bonds is 14. The number of hydrogen-bond acceptors (Lipinski definition) is 11. The van der Waals surface area contributed by atoms with Crippen molar-refractivity contribution in [1.29, 1.82) is 0 Å². The lowest BCUT2D eigenvalue weighted by molar-refractivity contribution is -0.696. The first-order chi connectivity index (χ1) is 17.1. The van der Waals surface area contributed by atoms with Crippen LogP contribution in [0.25, 0.3) is 0 Å². The molecule has 208 valence electrons. The number of aliphatic hydroxyl groups excluding tert-OH is 2. The van der Waals surface area contributed by atoms with Crippen LogP contribution in [0, 0.1) is 0 Å². The fourth-order valence-corrected chi connectivity index (χ4v) is 4.14. The summed E-state index contributed by atoms with van der Waals surface area (Å²) in [5.41, 5.74) is 0. The Morgan fingerprint density at radius 2 is 1.72 bits per heavy atom. The SMILES string of the molecule is O=S(=O)([O-])CCC[n+]1ccn(CCOCCO)c1.O=S1(=O)CCCO1.OCCOCCn1ccnc1. The molecule has 1 saturated heterocycles. The lowest BCUT2D eigenvalue weighted by Crippen LogP contribution is -2.32. The summed E-state index contributed by atoms with van der Waals surface area (Å²) in [7, 11) is -7.17. The molecule has 0 amide bonds. The van der Waals surface area contributed by atoms with E-state index < -0.39 is 20.2 Å². The van der Waals surface area contributed by atoms with Gasteiger partial charge < -0.3 is 28.8 Å². The molecule has 0 radical (unpaired) electrons. The lowest BCUT2D eigenvalue weighted by Gasteiger charge is -2.04. The van der Waals surface area contributed by atoms with Crippen molar-refractivity contribution in [3.63, 3.8) is 0 Å². The Kier molecular flexibility index (Phi) is 16.4. The van der Waals surface area contributed by atoms with Gasteiger partial charge in [0, 0.05) is 24.7 Å². The van der Waals surface area contributed by atoms with Gasteiger partial charge in [-0.15, -0.1) is 0 Å². The Morgan fingerprint density at radius 3 is 2.19 bits per heavy atom. The Morgan fingerprint density at radius 1 is 1.06 bits per heavy atom. The van der Waals surface area contributed by atoms with E-state index in [1.54, 1.807) is 12.5 Å². The van der Waals surface area contributed by atoms with Crippen molar-refractivity contribution in [3.8, 4) is 0 Å². The molecule has 14 nitrogen and oxygen atoms in total. The zero-order valence-corrected chi connectivity index (χ0v) is 21.8. The quantitative estimate of drug-likeness (QED) is 0.117. The van der Waals surface area contributed by atoms with Gasteiger partial charge in [0.2, 0.25) is 6.33 Å². The lowest BCUT2D eigenvalue weighted by atomic mass is 10.5. The molecule has 0 spiro atoms. The summed E-state index contributed by atoms with van der Waals surface area (Å²) in [6, 6.07) is 0. The van der Waals surface area contributed by atoms with Crippen molar-refractivity contribution in [2.24, 2.45) is 0 Å². The van der Waals surface area contributed by atoms with Crippen molar-refractivity contribution in [3.05, 3.63) is 37.4 Å². The van der Waals surface area contributed by atoms with E-state index in [2.05, 4.69) is 9.17 Å². The minimum Gasteiger partial charge on any atom is -0.748 e. The molecule has 0 saturated carbocycles. The van der Waals surface area contributed by atoms with Crippen LogP contribution in [-0.2, 0) is 53.5 Å². The molecule has 16 heteroatoms. The van der Waals surface area contributed by atoms with Crippen molar-refractivity contribution in [1.82, 2.24) is 14.1 Å². The largest absolute Gasteiger partial charge is 0.748 e. The van der Waals surface area contributed by atoms with Crippen molar-refractivity contribution >= 4 is 20.2 Å². The summed E-state index contributed by atoms with van der Waals surface area (Å²) in [4.78, 5) is 3.88. The number of aromatic nitrogens is 4. The Bertz CT molecular complexity index is 999. The maximum Gasteiger partial charge on any atom is 0.267 e. The Hall–Kier alpha value is -1.92. The van der Waals surface area contributed by atoms with Gasteiger partial charge in [0.1, 0.15) is 18.9 Å². The molecule has 2 aromatic rings. The first kappa shape index (κ1) is 32.1. The number of aliphatic hydroxyl groups is 2. The smallest absolute Gasteiger partial charge is 0.267 e. The van der Waals surface area contributed by atoms with Crippen LogP contribution in [0.2, 0.25) is 0 Å². The number of nitrogens with zero attached hydrogens (tertiary/aromatic N) is 4. The average Bonchev–Trinajstić information content (AvgIpc) is 3.57. The van der Waals surface area contributed by atoms with Crippen LogP contribution in [0.5, 0.6) is 0 Å². The highest BCUT2D eigenvalue weighted by Gasteiger charge is 2.16. The number of aryl methyl sites for hydroxylation is 1. The van der Waals surface area contributed by atoms with Crippen molar-refractivity contribution in [2.75, 3.05) is 57.8 Å². The second-order valence-corrected chi connectivity index (χ2v) is 10.7. The standard InChI is InChI=1S/C10H18N2O5S.C7H12N2O2.C3H6O3S/c13-6-8-17-7-5-12-4-3-11(10-12)2-1-9-18(14,15)16;10-4-6-11-5-3-9-2-1-8-7-9;4-7(5)3-1-2-6-7/h3-4,10,13H,1-2,5-9H2;1-2,7,10H,3-6H2;1-3H2. The van der Waals surface area contributed by atoms with Crippen LogP contribution in [0.15, 0.2) is 37.4 Å². The van der Waals surface area contributed by atoms with Gasteiger partial charge in [-0.1, -0.05) is 0 Å². The van der Waals surface area contributed by atoms with Gasteiger partial charge in [-0.25, -0.2) is 22.5 Å². The van der Waals surface area contributed by atoms with Crippen molar-refractivity contribution < 1.29 is 49.8 Å². The zero-order valence-electron chi connectivity index (χ0n) is 20.1. The van der Waals surface area contributed by atoms with Crippen LogP contribution in [0.4, 0.5) is 0 Å².